The minimum absolute atomic E-state index is 0.180. The SMILES string of the molecule is CC[C@@H](O)CNC(=O)/C=C/c1ccccc1C. The normalized spacial score (nSPS) is 12.6. The number of nitrogens with one attached hydrogen (secondary N) is 1. The molecule has 1 atom stereocenters. The fourth-order valence-corrected chi connectivity index (χ4v) is 1.36. The average molecular weight is 233 g/mol. The van der Waals surface area contributed by atoms with Gasteiger partial charge in [0, 0.05) is 12.6 Å². The number of benzene rings is 1. The molecule has 0 fully saturated rings. The van der Waals surface area contributed by atoms with Crippen LogP contribution in [-0.4, -0.2) is 23.7 Å². The molecular formula is C14H19NO2. The van der Waals surface area contributed by atoms with Gasteiger partial charge in [0.05, 0.1) is 6.10 Å². The van der Waals surface area contributed by atoms with E-state index >= 15 is 0 Å². The van der Waals surface area contributed by atoms with Crippen LogP contribution in [0.25, 0.3) is 6.08 Å². The van der Waals surface area contributed by atoms with E-state index in [0.717, 1.165) is 11.1 Å². The number of carbonyl (C=O) groups is 1. The van der Waals surface area contributed by atoms with E-state index in [1.165, 1.54) is 6.08 Å². The molecule has 1 rings (SSSR count). The Morgan fingerprint density at radius 1 is 1.47 bits per heavy atom. The van der Waals surface area contributed by atoms with E-state index in [9.17, 15) is 9.90 Å². The molecule has 1 aromatic carbocycles. The molecule has 0 aliphatic heterocycles. The lowest BCUT2D eigenvalue weighted by molar-refractivity contribution is -0.116. The van der Waals surface area contributed by atoms with E-state index in [1.54, 1.807) is 6.08 Å². The van der Waals surface area contributed by atoms with Crippen molar-refractivity contribution in [1.82, 2.24) is 5.32 Å². The van der Waals surface area contributed by atoms with E-state index in [-0.39, 0.29) is 5.91 Å². The summed E-state index contributed by atoms with van der Waals surface area (Å²) in [6.07, 6.45) is 3.45. The number of hydrogen-bond acceptors (Lipinski definition) is 2. The molecule has 0 aromatic heterocycles. The van der Waals surface area contributed by atoms with Crippen LogP contribution in [0.1, 0.15) is 24.5 Å². The van der Waals surface area contributed by atoms with Crippen LogP contribution >= 0.6 is 0 Å². The minimum Gasteiger partial charge on any atom is -0.391 e. The van der Waals surface area contributed by atoms with E-state index in [0.29, 0.717) is 13.0 Å². The molecule has 0 aliphatic carbocycles. The number of hydrogen-bond donors (Lipinski definition) is 2. The number of carbonyl (C=O) groups excluding carboxylic acids is 1. The lowest BCUT2D eigenvalue weighted by atomic mass is 10.1. The molecule has 1 aromatic rings. The predicted molar refractivity (Wildman–Crippen MR) is 69.5 cm³/mol. The quantitative estimate of drug-likeness (QED) is 0.763. The van der Waals surface area contributed by atoms with Crippen LogP contribution in [0.15, 0.2) is 30.3 Å². The van der Waals surface area contributed by atoms with E-state index in [4.69, 9.17) is 0 Å². The summed E-state index contributed by atoms with van der Waals surface area (Å²) in [6.45, 7) is 4.17. The smallest absolute Gasteiger partial charge is 0.244 e. The van der Waals surface area contributed by atoms with Crippen molar-refractivity contribution in [2.45, 2.75) is 26.4 Å². The maximum Gasteiger partial charge on any atom is 0.244 e. The van der Waals surface area contributed by atoms with Crippen molar-refractivity contribution in [2.24, 2.45) is 0 Å². The molecule has 0 aliphatic rings. The highest BCUT2D eigenvalue weighted by molar-refractivity contribution is 5.91. The van der Waals surface area contributed by atoms with Crippen LogP contribution in [0.3, 0.4) is 0 Å². The van der Waals surface area contributed by atoms with Crippen molar-refractivity contribution in [3.8, 4) is 0 Å². The van der Waals surface area contributed by atoms with Crippen molar-refractivity contribution in [2.75, 3.05) is 6.54 Å². The lowest BCUT2D eigenvalue weighted by Gasteiger charge is -2.07. The molecule has 92 valence electrons. The first-order valence-corrected chi connectivity index (χ1v) is 5.83. The average Bonchev–Trinajstić information content (AvgIpc) is 2.35. The maximum atomic E-state index is 11.4. The van der Waals surface area contributed by atoms with Crippen LogP contribution in [0.2, 0.25) is 0 Å². The summed E-state index contributed by atoms with van der Waals surface area (Å²) in [7, 11) is 0. The Hall–Kier alpha value is -1.61. The maximum absolute atomic E-state index is 11.4. The summed E-state index contributed by atoms with van der Waals surface area (Å²) in [5.74, 6) is -0.180. The predicted octanol–water partition coefficient (Wildman–Crippen LogP) is 1.90. The van der Waals surface area contributed by atoms with Gasteiger partial charge in [0.2, 0.25) is 5.91 Å². The number of aliphatic hydroxyl groups is 1. The van der Waals surface area contributed by atoms with E-state index in [1.807, 2.05) is 38.1 Å². The van der Waals surface area contributed by atoms with Crippen molar-refractivity contribution in [3.05, 3.63) is 41.5 Å². The van der Waals surface area contributed by atoms with Gasteiger partial charge >= 0.3 is 0 Å². The summed E-state index contributed by atoms with van der Waals surface area (Å²) >= 11 is 0. The van der Waals surface area contributed by atoms with Crippen LogP contribution in [-0.2, 0) is 4.79 Å². The fraction of sp³-hybridized carbons (Fsp3) is 0.357. The molecule has 0 heterocycles. The second-order valence-electron chi connectivity index (χ2n) is 4.00. The number of rotatable bonds is 5. The van der Waals surface area contributed by atoms with Crippen molar-refractivity contribution in [3.63, 3.8) is 0 Å². The highest BCUT2D eigenvalue weighted by Gasteiger charge is 2.01. The first-order valence-electron chi connectivity index (χ1n) is 5.83. The Morgan fingerprint density at radius 2 is 2.18 bits per heavy atom. The van der Waals surface area contributed by atoms with Gasteiger partial charge in [-0.15, -0.1) is 0 Å². The molecule has 3 heteroatoms. The summed E-state index contributed by atoms with van der Waals surface area (Å²) in [5.41, 5.74) is 2.16. The topological polar surface area (TPSA) is 49.3 Å². The summed E-state index contributed by atoms with van der Waals surface area (Å²) < 4.78 is 0. The Balaban J connectivity index is 2.49. The van der Waals surface area contributed by atoms with Crippen LogP contribution < -0.4 is 5.32 Å². The van der Waals surface area contributed by atoms with Crippen molar-refractivity contribution < 1.29 is 9.90 Å². The van der Waals surface area contributed by atoms with Crippen LogP contribution in [0.5, 0.6) is 0 Å². The summed E-state index contributed by atoms with van der Waals surface area (Å²) in [6, 6.07) is 7.86. The minimum atomic E-state index is -0.467. The highest BCUT2D eigenvalue weighted by Crippen LogP contribution is 2.08. The van der Waals surface area contributed by atoms with Crippen LogP contribution in [0.4, 0.5) is 0 Å². The molecule has 2 N–H and O–H groups in total. The summed E-state index contributed by atoms with van der Waals surface area (Å²) in [5, 5.41) is 11.9. The zero-order valence-electron chi connectivity index (χ0n) is 10.3. The molecule has 3 nitrogen and oxygen atoms in total. The fourth-order valence-electron chi connectivity index (χ4n) is 1.36. The van der Waals surface area contributed by atoms with Crippen LogP contribution in [0, 0.1) is 6.92 Å². The molecule has 0 radical (unpaired) electrons. The second kappa shape index (κ2) is 6.86. The standard InChI is InChI=1S/C14H19NO2/c1-3-13(16)10-15-14(17)9-8-12-7-5-4-6-11(12)2/h4-9,13,16H,3,10H2,1-2H3,(H,15,17)/b9-8+/t13-/m1/s1. The van der Waals surface area contributed by atoms with Crippen molar-refractivity contribution in [1.29, 1.82) is 0 Å². The van der Waals surface area contributed by atoms with Gasteiger partial charge in [0.25, 0.3) is 0 Å². The molecular weight excluding hydrogens is 214 g/mol. The van der Waals surface area contributed by atoms with Gasteiger partial charge in [-0.1, -0.05) is 31.2 Å². The lowest BCUT2D eigenvalue weighted by Crippen LogP contribution is -2.30. The van der Waals surface area contributed by atoms with Gasteiger partial charge in [-0.3, -0.25) is 4.79 Å². The van der Waals surface area contributed by atoms with E-state index in [2.05, 4.69) is 5.32 Å². The van der Waals surface area contributed by atoms with Gasteiger partial charge in [-0.05, 0) is 30.5 Å². The number of amides is 1. The Bertz CT molecular complexity index is 399. The third kappa shape index (κ3) is 4.83. The molecule has 0 bridgehead atoms. The van der Waals surface area contributed by atoms with Gasteiger partial charge in [0.15, 0.2) is 0 Å². The second-order valence-corrected chi connectivity index (χ2v) is 4.00. The van der Waals surface area contributed by atoms with E-state index < -0.39 is 6.10 Å². The molecule has 0 spiro atoms. The summed E-state index contributed by atoms with van der Waals surface area (Å²) in [4.78, 5) is 11.4. The number of aliphatic hydroxyl groups excluding tert-OH is 1. The Kier molecular flexibility index (Phi) is 5.43. The molecule has 0 unspecified atom stereocenters. The zero-order chi connectivity index (χ0) is 12.7. The first kappa shape index (κ1) is 13.5. The Labute approximate surface area is 102 Å². The molecule has 0 saturated heterocycles. The number of aryl methyl sites for hydroxylation is 1. The van der Waals surface area contributed by atoms with Crippen molar-refractivity contribution >= 4 is 12.0 Å². The molecule has 0 saturated carbocycles. The van der Waals surface area contributed by atoms with Gasteiger partial charge in [0.1, 0.15) is 0 Å². The van der Waals surface area contributed by atoms with Gasteiger partial charge in [-0.2, -0.15) is 0 Å². The molecule has 17 heavy (non-hydrogen) atoms. The van der Waals surface area contributed by atoms with Gasteiger partial charge < -0.3 is 10.4 Å². The molecule has 1 amide bonds. The van der Waals surface area contributed by atoms with Gasteiger partial charge in [-0.25, -0.2) is 0 Å². The Morgan fingerprint density at radius 3 is 2.82 bits per heavy atom. The highest BCUT2D eigenvalue weighted by atomic mass is 16.3. The zero-order valence-corrected chi connectivity index (χ0v) is 10.3. The third-order valence-corrected chi connectivity index (χ3v) is 2.59. The third-order valence-electron chi connectivity index (χ3n) is 2.59. The monoisotopic (exact) mass is 233 g/mol. The first-order chi connectivity index (χ1) is 8.13. The largest absolute Gasteiger partial charge is 0.391 e.